The molecule has 8 nitrogen and oxygen atoms in total. The third-order valence-corrected chi connectivity index (χ3v) is 4.07. The van der Waals surface area contributed by atoms with Crippen molar-refractivity contribution in [2.75, 3.05) is 18.8 Å². The molecule has 2 heterocycles. The molecule has 0 bridgehead atoms. The van der Waals surface area contributed by atoms with Crippen LogP contribution in [0.3, 0.4) is 0 Å². The van der Waals surface area contributed by atoms with Crippen molar-refractivity contribution in [1.82, 2.24) is 25.2 Å². The van der Waals surface area contributed by atoms with Gasteiger partial charge in [-0.25, -0.2) is 4.68 Å². The van der Waals surface area contributed by atoms with Crippen LogP contribution in [-0.2, 0) is 16.1 Å². The number of carbonyl (C=O) groups is 3. The summed E-state index contributed by atoms with van der Waals surface area (Å²) < 4.78 is 1.51. The minimum absolute atomic E-state index is 0.0388. The molecule has 1 aromatic heterocycles. The number of rotatable bonds is 5. The number of imide groups is 1. The van der Waals surface area contributed by atoms with Gasteiger partial charge in [-0.05, 0) is 12.1 Å². The summed E-state index contributed by atoms with van der Waals surface area (Å²) in [6.07, 6.45) is 0. The molecule has 1 fully saturated rings. The Morgan fingerprint density at radius 1 is 1.32 bits per heavy atom. The molecule has 3 rings (SSSR count). The van der Waals surface area contributed by atoms with Crippen molar-refractivity contribution in [3.63, 3.8) is 0 Å². The summed E-state index contributed by atoms with van der Waals surface area (Å²) in [5, 5.41) is 10.3. The number of thioether (sulfide) groups is 1. The van der Waals surface area contributed by atoms with E-state index in [-0.39, 0.29) is 42.4 Å². The van der Waals surface area contributed by atoms with Gasteiger partial charge in [-0.15, -0.1) is 5.10 Å². The molecule has 1 N–H and O–H groups in total. The molecule has 0 saturated carbocycles. The van der Waals surface area contributed by atoms with Crippen LogP contribution in [0.4, 0.5) is 4.79 Å². The average Bonchev–Trinajstić information content (AvgIpc) is 3.05. The van der Waals surface area contributed by atoms with Crippen molar-refractivity contribution in [2.45, 2.75) is 6.54 Å². The van der Waals surface area contributed by atoms with Gasteiger partial charge in [0.1, 0.15) is 12.1 Å². The van der Waals surface area contributed by atoms with E-state index in [2.05, 4.69) is 15.6 Å². The molecular weight excluding hydrogens is 306 g/mol. The normalized spacial score (nSPS) is 14.8. The van der Waals surface area contributed by atoms with Crippen LogP contribution in [0.5, 0.6) is 0 Å². The summed E-state index contributed by atoms with van der Waals surface area (Å²) in [4.78, 5) is 35.9. The molecule has 0 unspecified atom stereocenters. The average molecular weight is 319 g/mol. The standard InChI is InChI=1S/C13H13N5O3S/c19-11(14-5-6-17-12(20)8-22-13(17)21)7-18-10-4-2-1-3-9(10)15-16-18/h1-4H,5-8H2,(H,14,19). The van der Waals surface area contributed by atoms with Crippen LogP contribution in [0.15, 0.2) is 24.3 Å². The van der Waals surface area contributed by atoms with E-state index in [1.54, 1.807) is 0 Å². The van der Waals surface area contributed by atoms with Gasteiger partial charge in [0.15, 0.2) is 0 Å². The highest BCUT2D eigenvalue weighted by Crippen LogP contribution is 2.17. The van der Waals surface area contributed by atoms with Crippen LogP contribution >= 0.6 is 11.8 Å². The predicted octanol–water partition coefficient (Wildman–Crippen LogP) is 0.243. The van der Waals surface area contributed by atoms with E-state index >= 15 is 0 Å². The number of carbonyl (C=O) groups excluding carboxylic acids is 3. The lowest BCUT2D eigenvalue weighted by molar-refractivity contribution is -0.125. The van der Waals surface area contributed by atoms with Crippen molar-refractivity contribution >= 4 is 39.8 Å². The summed E-state index contributed by atoms with van der Waals surface area (Å²) in [5.41, 5.74) is 1.50. The van der Waals surface area contributed by atoms with E-state index < -0.39 is 0 Å². The van der Waals surface area contributed by atoms with Gasteiger partial charge in [0.05, 0.1) is 11.3 Å². The van der Waals surface area contributed by atoms with E-state index in [4.69, 9.17) is 0 Å². The molecule has 0 aliphatic carbocycles. The number of fused-ring (bicyclic) bond motifs is 1. The quantitative estimate of drug-likeness (QED) is 0.848. The van der Waals surface area contributed by atoms with Crippen LogP contribution < -0.4 is 5.32 Å². The Morgan fingerprint density at radius 3 is 2.91 bits per heavy atom. The fourth-order valence-corrected chi connectivity index (χ4v) is 2.88. The maximum atomic E-state index is 11.9. The zero-order valence-corrected chi connectivity index (χ0v) is 12.4. The first-order valence-electron chi connectivity index (χ1n) is 6.67. The van der Waals surface area contributed by atoms with Crippen LogP contribution in [-0.4, -0.2) is 55.8 Å². The van der Waals surface area contributed by atoms with Gasteiger partial charge < -0.3 is 5.32 Å². The first kappa shape index (κ1) is 14.5. The SMILES string of the molecule is O=C(Cn1nnc2ccccc21)NCCN1C(=O)CSC1=O. The molecular formula is C13H13N5O3S. The summed E-state index contributed by atoms with van der Waals surface area (Å²) >= 11 is 0.980. The molecule has 22 heavy (non-hydrogen) atoms. The molecule has 2 aromatic rings. The van der Waals surface area contributed by atoms with Crippen LogP contribution in [0.2, 0.25) is 0 Å². The second kappa shape index (κ2) is 6.14. The van der Waals surface area contributed by atoms with Crippen LogP contribution in [0.1, 0.15) is 0 Å². The van der Waals surface area contributed by atoms with E-state index in [1.807, 2.05) is 24.3 Å². The van der Waals surface area contributed by atoms with Gasteiger partial charge >= 0.3 is 0 Å². The third-order valence-electron chi connectivity index (χ3n) is 3.21. The lowest BCUT2D eigenvalue weighted by atomic mass is 10.3. The largest absolute Gasteiger partial charge is 0.353 e. The Bertz CT molecular complexity index is 728. The van der Waals surface area contributed by atoms with Crippen LogP contribution in [0, 0.1) is 0 Å². The molecule has 1 aromatic carbocycles. The number of amides is 3. The van der Waals surface area contributed by atoms with E-state index in [0.717, 1.165) is 27.7 Å². The number of nitrogens with zero attached hydrogens (tertiary/aromatic N) is 4. The highest BCUT2D eigenvalue weighted by atomic mass is 32.2. The topological polar surface area (TPSA) is 97.2 Å². The van der Waals surface area contributed by atoms with Gasteiger partial charge in [-0.3, -0.25) is 19.3 Å². The van der Waals surface area contributed by atoms with Crippen molar-refractivity contribution in [3.8, 4) is 0 Å². The predicted molar refractivity (Wildman–Crippen MR) is 80.1 cm³/mol. The van der Waals surface area contributed by atoms with Gasteiger partial charge in [0.25, 0.3) is 5.24 Å². The number of aromatic nitrogens is 3. The lowest BCUT2D eigenvalue weighted by Gasteiger charge is -2.13. The van der Waals surface area contributed by atoms with Crippen LogP contribution in [0.25, 0.3) is 11.0 Å². The molecule has 0 atom stereocenters. The fourth-order valence-electron chi connectivity index (χ4n) is 2.13. The summed E-state index contributed by atoms with van der Waals surface area (Å²) in [7, 11) is 0. The zero-order chi connectivity index (χ0) is 15.5. The number of nitrogens with one attached hydrogen (secondary N) is 1. The number of para-hydroxylation sites is 1. The van der Waals surface area contributed by atoms with E-state index in [1.165, 1.54) is 4.68 Å². The molecule has 114 valence electrons. The molecule has 0 spiro atoms. The molecule has 1 aliphatic heterocycles. The summed E-state index contributed by atoms with van der Waals surface area (Å²) in [6, 6.07) is 7.35. The molecule has 1 aliphatic rings. The monoisotopic (exact) mass is 319 g/mol. The fraction of sp³-hybridized carbons (Fsp3) is 0.308. The maximum absolute atomic E-state index is 11.9. The Hall–Kier alpha value is -2.42. The van der Waals surface area contributed by atoms with Crippen molar-refractivity contribution < 1.29 is 14.4 Å². The molecule has 3 amide bonds. The van der Waals surface area contributed by atoms with E-state index in [9.17, 15) is 14.4 Å². The Morgan fingerprint density at radius 2 is 2.14 bits per heavy atom. The highest BCUT2D eigenvalue weighted by molar-refractivity contribution is 8.14. The number of benzene rings is 1. The van der Waals surface area contributed by atoms with Crippen molar-refractivity contribution in [3.05, 3.63) is 24.3 Å². The van der Waals surface area contributed by atoms with Crippen molar-refractivity contribution in [1.29, 1.82) is 0 Å². The minimum Gasteiger partial charge on any atom is -0.353 e. The smallest absolute Gasteiger partial charge is 0.288 e. The molecule has 0 radical (unpaired) electrons. The molecule has 1 saturated heterocycles. The lowest BCUT2D eigenvalue weighted by Crippen LogP contribution is -2.38. The second-order valence-electron chi connectivity index (χ2n) is 4.69. The van der Waals surface area contributed by atoms with Gasteiger partial charge in [-0.1, -0.05) is 29.1 Å². The second-order valence-corrected chi connectivity index (χ2v) is 5.61. The first-order chi connectivity index (χ1) is 10.6. The Balaban J connectivity index is 1.52. The van der Waals surface area contributed by atoms with Gasteiger partial charge in [0.2, 0.25) is 11.8 Å². The van der Waals surface area contributed by atoms with Gasteiger partial charge in [-0.2, -0.15) is 0 Å². The Kier molecular flexibility index (Phi) is 4.05. The van der Waals surface area contributed by atoms with E-state index in [0.29, 0.717) is 0 Å². The van der Waals surface area contributed by atoms with Gasteiger partial charge in [0, 0.05) is 13.1 Å². The molecule has 9 heteroatoms. The Labute approximate surface area is 129 Å². The summed E-state index contributed by atoms with van der Waals surface area (Å²) in [6.45, 7) is 0.454. The third kappa shape index (κ3) is 2.93. The maximum Gasteiger partial charge on any atom is 0.288 e. The highest BCUT2D eigenvalue weighted by Gasteiger charge is 2.29. The summed E-state index contributed by atoms with van der Waals surface area (Å²) in [5.74, 6) is -0.286. The zero-order valence-electron chi connectivity index (χ0n) is 11.6. The first-order valence-corrected chi connectivity index (χ1v) is 7.66. The van der Waals surface area contributed by atoms with Crippen molar-refractivity contribution in [2.24, 2.45) is 0 Å². The number of hydrogen-bond donors (Lipinski definition) is 1. The number of hydrogen-bond acceptors (Lipinski definition) is 6. The minimum atomic E-state index is -0.262.